The Labute approximate surface area is 254 Å². The van der Waals surface area contributed by atoms with Crippen molar-refractivity contribution in [1.29, 1.82) is 0 Å². The number of aryl methyl sites for hydroxylation is 2. The number of anilines is 1. The van der Waals surface area contributed by atoms with Gasteiger partial charge in [-0.2, -0.15) is 0 Å². The van der Waals surface area contributed by atoms with Gasteiger partial charge in [-0.25, -0.2) is 14.4 Å². The Balaban J connectivity index is 1.22. The minimum atomic E-state index is -0.340. The summed E-state index contributed by atoms with van der Waals surface area (Å²) in [5.74, 6) is 3.07. The summed E-state index contributed by atoms with van der Waals surface area (Å²) in [5.41, 5.74) is 2.32. The molecule has 1 saturated heterocycles. The average Bonchev–Trinajstić information content (AvgIpc) is 3.48. The van der Waals surface area contributed by atoms with E-state index in [0.29, 0.717) is 58.6 Å². The topological polar surface area (TPSA) is 75.0 Å². The summed E-state index contributed by atoms with van der Waals surface area (Å²) in [5, 5.41) is 4.18. The second-order valence-corrected chi connectivity index (χ2v) is 13.6. The molecule has 0 spiro atoms. The van der Waals surface area contributed by atoms with Crippen LogP contribution in [0.2, 0.25) is 0 Å². The molecule has 9 heteroatoms. The highest BCUT2D eigenvalue weighted by molar-refractivity contribution is 5.96. The third-order valence-corrected chi connectivity index (χ3v) is 10.8. The molecule has 4 fully saturated rings. The first-order valence-electron chi connectivity index (χ1n) is 15.6. The number of aliphatic imine (C=N–C) groups is 1. The second kappa shape index (κ2) is 11.6. The Bertz CT molecular complexity index is 1580. The number of ether oxygens (including phenoxy) is 1. The van der Waals surface area contributed by atoms with E-state index in [4.69, 9.17) is 9.73 Å². The highest BCUT2D eigenvalue weighted by Gasteiger charge is 2.56. The van der Waals surface area contributed by atoms with E-state index < -0.39 is 0 Å². The van der Waals surface area contributed by atoms with Crippen molar-refractivity contribution in [1.82, 2.24) is 19.4 Å². The smallest absolute Gasteiger partial charge is 0.261 e. The first-order valence-corrected chi connectivity index (χ1v) is 15.6. The van der Waals surface area contributed by atoms with Gasteiger partial charge in [-0.05, 0) is 92.8 Å². The minimum Gasteiger partial charge on any atom is -0.497 e. The van der Waals surface area contributed by atoms with Crippen LogP contribution < -0.4 is 15.6 Å². The zero-order valence-electron chi connectivity index (χ0n) is 26.3. The molecule has 4 aliphatic rings. The normalized spacial score (nSPS) is 26.6. The summed E-state index contributed by atoms with van der Waals surface area (Å²) in [6.45, 7) is 9.47. The quantitative estimate of drug-likeness (QED) is 0.300. The predicted molar refractivity (Wildman–Crippen MR) is 170 cm³/mol. The van der Waals surface area contributed by atoms with Crippen molar-refractivity contribution in [2.75, 3.05) is 39.6 Å². The van der Waals surface area contributed by atoms with Crippen LogP contribution in [-0.2, 0) is 13.0 Å². The molecule has 1 N–H and O–H groups in total. The molecule has 3 saturated carbocycles. The Morgan fingerprint density at radius 2 is 2.02 bits per heavy atom. The number of rotatable bonds is 7. The van der Waals surface area contributed by atoms with Crippen LogP contribution in [0.5, 0.6) is 5.75 Å². The zero-order chi connectivity index (χ0) is 30.5. The minimum absolute atomic E-state index is 0.134. The molecule has 3 aromatic rings. The molecule has 1 aromatic heterocycles. The second-order valence-electron chi connectivity index (χ2n) is 13.6. The maximum atomic E-state index is 14.4. The molecular formula is C34H45FN6O2. The monoisotopic (exact) mass is 588 g/mol. The molecule has 230 valence electrons. The van der Waals surface area contributed by atoms with Crippen molar-refractivity contribution in [3.63, 3.8) is 0 Å². The van der Waals surface area contributed by atoms with Crippen molar-refractivity contribution >= 4 is 22.5 Å². The number of benzene rings is 2. The number of guanidine groups is 1. The fraction of sp³-hybridized carbons (Fsp3) is 0.559. The van der Waals surface area contributed by atoms with Crippen molar-refractivity contribution in [2.24, 2.45) is 28.2 Å². The summed E-state index contributed by atoms with van der Waals surface area (Å²) in [6.07, 6.45) is 5.51. The Morgan fingerprint density at radius 3 is 2.70 bits per heavy atom. The Morgan fingerprint density at radius 1 is 1.21 bits per heavy atom. The maximum absolute atomic E-state index is 14.4. The molecule has 2 aromatic carbocycles. The van der Waals surface area contributed by atoms with E-state index in [-0.39, 0.29) is 11.4 Å². The van der Waals surface area contributed by atoms with Crippen LogP contribution in [0, 0.1) is 29.0 Å². The van der Waals surface area contributed by atoms with E-state index in [0.717, 1.165) is 49.4 Å². The van der Waals surface area contributed by atoms with E-state index in [2.05, 4.69) is 55.0 Å². The number of methoxy groups -OCH3 is 1. The van der Waals surface area contributed by atoms with Crippen LogP contribution in [0.1, 0.15) is 45.6 Å². The molecular weight excluding hydrogens is 543 g/mol. The van der Waals surface area contributed by atoms with Crippen LogP contribution in [0.4, 0.5) is 10.1 Å². The summed E-state index contributed by atoms with van der Waals surface area (Å²) >= 11 is 0. The summed E-state index contributed by atoms with van der Waals surface area (Å²) in [7, 11) is 5.80. The summed E-state index contributed by atoms with van der Waals surface area (Å²) < 4.78 is 21.1. The molecule has 5 atom stereocenters. The number of likely N-dealkylation sites (N-methyl/N-ethyl adjacent to an activating group) is 1. The van der Waals surface area contributed by atoms with Crippen LogP contribution in [0.25, 0.3) is 10.9 Å². The van der Waals surface area contributed by atoms with Gasteiger partial charge in [0.05, 0.1) is 30.4 Å². The van der Waals surface area contributed by atoms with Gasteiger partial charge in [-0.1, -0.05) is 26.8 Å². The number of fused-ring (bicyclic) bond motifs is 3. The maximum Gasteiger partial charge on any atom is 0.261 e. The number of aromatic nitrogens is 2. The summed E-state index contributed by atoms with van der Waals surface area (Å²) in [6, 6.07) is 11.3. The lowest BCUT2D eigenvalue weighted by Gasteiger charge is -2.61. The van der Waals surface area contributed by atoms with Crippen molar-refractivity contribution in [3.8, 4) is 5.75 Å². The van der Waals surface area contributed by atoms with Gasteiger partial charge in [-0.3, -0.25) is 9.36 Å². The third-order valence-electron chi connectivity index (χ3n) is 10.8. The van der Waals surface area contributed by atoms with Crippen molar-refractivity contribution in [2.45, 2.75) is 65.1 Å². The highest BCUT2D eigenvalue weighted by atomic mass is 19.1. The van der Waals surface area contributed by atoms with Gasteiger partial charge in [0, 0.05) is 37.4 Å². The highest BCUT2D eigenvalue weighted by Crippen LogP contribution is 2.61. The Hall–Kier alpha value is -3.46. The van der Waals surface area contributed by atoms with E-state index >= 15 is 0 Å². The van der Waals surface area contributed by atoms with E-state index in [9.17, 15) is 9.18 Å². The average molecular weight is 589 g/mol. The van der Waals surface area contributed by atoms with Crippen LogP contribution >= 0.6 is 0 Å². The Kier molecular flexibility index (Phi) is 7.96. The molecule has 3 aliphatic carbocycles. The standard InChI is InChI=1S/C34H45FN6O2/c1-21-28-15-23(34(28,2)3)16-30(21)38-33(40-14-12-25(19-40)39(4)5)37-24-8-10-27-31(17-24)36-20-41(32(27)42)13-11-22-7-9-26(43-6)18-29(22)35/h7-10,17-18,20-21,23,25,28,30H,11-16,19H2,1-6H3,(H,37,38)/t21-,23+,25-,28+,30+/m1/s1. The number of hydrogen-bond donors (Lipinski definition) is 1. The van der Waals surface area contributed by atoms with Crippen LogP contribution in [0.15, 0.2) is 52.5 Å². The van der Waals surface area contributed by atoms with Gasteiger partial charge in [0.2, 0.25) is 0 Å². The van der Waals surface area contributed by atoms with Crippen molar-refractivity contribution < 1.29 is 9.13 Å². The molecule has 8 nitrogen and oxygen atoms in total. The third kappa shape index (κ3) is 5.64. The lowest BCUT2D eigenvalue weighted by molar-refractivity contribution is -0.108. The molecule has 0 unspecified atom stereocenters. The van der Waals surface area contributed by atoms with Gasteiger partial charge in [0.15, 0.2) is 5.96 Å². The van der Waals surface area contributed by atoms with Gasteiger partial charge >= 0.3 is 0 Å². The first-order chi connectivity index (χ1) is 20.5. The molecule has 0 radical (unpaired) electrons. The fourth-order valence-corrected chi connectivity index (χ4v) is 7.62. The van der Waals surface area contributed by atoms with E-state index in [1.54, 1.807) is 23.0 Å². The van der Waals surface area contributed by atoms with Gasteiger partial charge in [-0.15, -0.1) is 0 Å². The van der Waals surface area contributed by atoms with Gasteiger partial charge in [0.1, 0.15) is 11.6 Å². The predicted octanol–water partition coefficient (Wildman–Crippen LogP) is 5.26. The SMILES string of the molecule is COc1ccc(CCn2cnc3cc(NC(=N[C@H]4C[C@@H]5C[C@@H]([C@H]4C)C5(C)C)N4CC[C@@H](N(C)C)C4)ccc3c2=O)c(F)c1. The summed E-state index contributed by atoms with van der Waals surface area (Å²) in [4.78, 5) is 28.0. The molecule has 1 aliphatic heterocycles. The largest absolute Gasteiger partial charge is 0.497 e. The molecule has 2 bridgehead atoms. The van der Waals surface area contributed by atoms with Gasteiger partial charge in [0.25, 0.3) is 5.56 Å². The zero-order valence-corrected chi connectivity index (χ0v) is 26.3. The number of likely N-dealkylation sites (tertiary alicyclic amines) is 1. The van der Waals surface area contributed by atoms with E-state index in [1.807, 2.05) is 18.2 Å². The number of halogens is 1. The molecule has 0 amide bonds. The van der Waals surface area contributed by atoms with Crippen LogP contribution in [-0.4, -0.2) is 71.7 Å². The number of nitrogens with zero attached hydrogens (tertiary/aromatic N) is 5. The number of nitrogens with one attached hydrogen (secondary N) is 1. The number of hydrogen-bond acceptors (Lipinski definition) is 5. The van der Waals surface area contributed by atoms with E-state index in [1.165, 1.54) is 19.6 Å². The van der Waals surface area contributed by atoms with Gasteiger partial charge < -0.3 is 19.9 Å². The molecule has 43 heavy (non-hydrogen) atoms. The molecule has 2 heterocycles. The lowest BCUT2D eigenvalue weighted by Crippen LogP contribution is -2.56. The molecule has 7 rings (SSSR count). The van der Waals surface area contributed by atoms with Crippen molar-refractivity contribution in [3.05, 3.63) is 64.5 Å². The first kappa shape index (κ1) is 29.6. The fourth-order valence-electron chi connectivity index (χ4n) is 7.62. The van der Waals surface area contributed by atoms with Crippen LogP contribution in [0.3, 0.4) is 0 Å². The lowest BCUT2D eigenvalue weighted by atomic mass is 9.45.